The van der Waals surface area contributed by atoms with Crippen LogP contribution in [-0.4, -0.2) is 15.9 Å². The zero-order valence-corrected chi connectivity index (χ0v) is 14.4. The molecule has 0 fully saturated rings. The number of thiazole rings is 1. The lowest BCUT2D eigenvalue weighted by Crippen LogP contribution is -2.29. The lowest BCUT2D eigenvalue weighted by molar-refractivity contribution is 0.0971. The summed E-state index contributed by atoms with van der Waals surface area (Å²) < 4.78 is 19.4. The van der Waals surface area contributed by atoms with Crippen molar-refractivity contribution in [1.29, 1.82) is 0 Å². The maximum absolute atomic E-state index is 13.7. The minimum absolute atomic E-state index is 0.0526. The molecule has 5 rings (SSSR count). The Bertz CT molecular complexity index is 1240. The molecule has 1 aliphatic rings. The van der Waals surface area contributed by atoms with Gasteiger partial charge in [0.05, 0.1) is 17.0 Å². The van der Waals surface area contributed by atoms with Crippen LogP contribution in [0.25, 0.3) is 11.0 Å². The van der Waals surface area contributed by atoms with Crippen LogP contribution in [-0.2, 0) is 0 Å². The number of carbonyl (C=O) groups is 1. The third-order valence-corrected chi connectivity index (χ3v) is 5.23. The number of pyridine rings is 1. The molecule has 0 N–H and O–H groups in total. The maximum Gasteiger partial charge on any atom is 0.297 e. The van der Waals surface area contributed by atoms with Gasteiger partial charge in [-0.05, 0) is 29.8 Å². The van der Waals surface area contributed by atoms with Crippen molar-refractivity contribution in [2.45, 2.75) is 6.04 Å². The summed E-state index contributed by atoms with van der Waals surface area (Å²) in [4.78, 5) is 36.0. The smallest absolute Gasteiger partial charge is 0.297 e. The van der Waals surface area contributed by atoms with Gasteiger partial charge in [-0.25, -0.2) is 9.37 Å². The molecule has 0 spiro atoms. The van der Waals surface area contributed by atoms with Crippen LogP contribution in [0.2, 0.25) is 0 Å². The number of carbonyl (C=O) groups excluding carboxylic acids is 1. The summed E-state index contributed by atoms with van der Waals surface area (Å²) in [6, 6.07) is 6.42. The normalized spacial score (nSPS) is 16.1. The van der Waals surface area contributed by atoms with Gasteiger partial charge >= 0.3 is 0 Å². The molecule has 1 atom stereocenters. The fraction of sp³-hybridized carbons (Fsp3) is 0.0526. The van der Waals surface area contributed by atoms with Crippen LogP contribution in [0.4, 0.5) is 9.52 Å². The molecule has 1 amide bonds. The minimum atomic E-state index is -0.740. The number of hydrogen-bond acceptors (Lipinski definition) is 6. The van der Waals surface area contributed by atoms with Crippen LogP contribution < -0.4 is 10.3 Å². The Morgan fingerprint density at radius 3 is 2.81 bits per heavy atom. The average molecular weight is 379 g/mol. The van der Waals surface area contributed by atoms with Crippen molar-refractivity contribution in [3.8, 4) is 0 Å². The zero-order valence-electron chi connectivity index (χ0n) is 13.6. The molecule has 0 saturated carbocycles. The highest BCUT2D eigenvalue weighted by molar-refractivity contribution is 7.13. The zero-order chi connectivity index (χ0) is 18.5. The predicted octanol–water partition coefficient (Wildman–Crippen LogP) is 3.53. The Labute approximate surface area is 155 Å². The minimum Gasteiger partial charge on any atom is -0.450 e. The number of aromatic nitrogens is 2. The Morgan fingerprint density at radius 2 is 2.07 bits per heavy atom. The second-order valence-corrected chi connectivity index (χ2v) is 6.87. The van der Waals surface area contributed by atoms with Crippen LogP contribution in [0.1, 0.15) is 27.7 Å². The third-order valence-electron chi connectivity index (χ3n) is 4.46. The van der Waals surface area contributed by atoms with Crippen molar-refractivity contribution in [3.63, 3.8) is 0 Å². The second-order valence-electron chi connectivity index (χ2n) is 5.99. The van der Waals surface area contributed by atoms with E-state index in [1.54, 1.807) is 36.1 Å². The fourth-order valence-corrected chi connectivity index (χ4v) is 4.00. The Morgan fingerprint density at radius 1 is 1.19 bits per heavy atom. The van der Waals surface area contributed by atoms with Gasteiger partial charge in [-0.1, -0.05) is 6.07 Å². The first-order valence-corrected chi connectivity index (χ1v) is 8.92. The van der Waals surface area contributed by atoms with Gasteiger partial charge in [0.1, 0.15) is 11.4 Å². The number of halogens is 1. The first kappa shape index (κ1) is 15.8. The van der Waals surface area contributed by atoms with Crippen molar-refractivity contribution >= 4 is 33.3 Å². The Balaban J connectivity index is 1.85. The van der Waals surface area contributed by atoms with E-state index in [1.807, 2.05) is 0 Å². The van der Waals surface area contributed by atoms with E-state index in [0.717, 1.165) is 6.07 Å². The molecule has 3 aromatic heterocycles. The summed E-state index contributed by atoms with van der Waals surface area (Å²) in [6.07, 6.45) is 4.77. The van der Waals surface area contributed by atoms with Crippen molar-refractivity contribution < 1.29 is 13.6 Å². The lowest BCUT2D eigenvalue weighted by atomic mass is 10.00. The fourth-order valence-electron chi connectivity index (χ4n) is 3.33. The van der Waals surface area contributed by atoms with E-state index in [9.17, 15) is 14.0 Å². The number of hydrogen-bond donors (Lipinski definition) is 0. The molecular weight excluding hydrogens is 369 g/mol. The maximum atomic E-state index is 13.7. The standard InChI is InChI=1S/C19H10FN3O3S/c20-11-3-4-13-12(8-11)16(24)14-15(10-2-1-5-21-9-10)23(18(25)17(14)26-13)19-22-6-7-27-19/h1-9,15H. The van der Waals surface area contributed by atoms with Crippen molar-refractivity contribution in [3.05, 3.63) is 87.2 Å². The van der Waals surface area contributed by atoms with E-state index >= 15 is 0 Å². The summed E-state index contributed by atoms with van der Waals surface area (Å²) in [5, 5.41) is 2.28. The molecule has 27 heavy (non-hydrogen) atoms. The van der Waals surface area contributed by atoms with E-state index in [4.69, 9.17) is 4.42 Å². The summed E-state index contributed by atoms with van der Waals surface area (Å²) in [5.41, 5.74) is 0.538. The number of anilines is 1. The van der Waals surface area contributed by atoms with Gasteiger partial charge in [0.2, 0.25) is 5.76 Å². The monoisotopic (exact) mass is 379 g/mol. The van der Waals surface area contributed by atoms with E-state index in [-0.39, 0.29) is 22.3 Å². The van der Waals surface area contributed by atoms with Gasteiger partial charge in [-0.2, -0.15) is 0 Å². The first-order chi connectivity index (χ1) is 13.1. The van der Waals surface area contributed by atoms with Gasteiger partial charge in [-0.3, -0.25) is 19.5 Å². The number of amides is 1. The van der Waals surface area contributed by atoms with Crippen LogP contribution >= 0.6 is 11.3 Å². The van der Waals surface area contributed by atoms with E-state index < -0.39 is 23.2 Å². The number of nitrogens with zero attached hydrogens (tertiary/aromatic N) is 3. The molecule has 4 aromatic rings. The molecule has 4 heterocycles. The molecule has 8 heteroatoms. The largest absolute Gasteiger partial charge is 0.450 e. The molecule has 1 aromatic carbocycles. The Hall–Kier alpha value is -3.39. The number of rotatable bonds is 2. The lowest BCUT2D eigenvalue weighted by Gasteiger charge is -2.22. The van der Waals surface area contributed by atoms with Gasteiger partial charge in [0.15, 0.2) is 10.6 Å². The highest BCUT2D eigenvalue weighted by Crippen LogP contribution is 2.41. The summed E-state index contributed by atoms with van der Waals surface area (Å²) >= 11 is 1.28. The van der Waals surface area contributed by atoms with Gasteiger partial charge in [-0.15, -0.1) is 11.3 Å². The van der Waals surface area contributed by atoms with E-state index in [2.05, 4.69) is 9.97 Å². The molecule has 1 aliphatic heterocycles. The number of fused-ring (bicyclic) bond motifs is 2. The molecule has 0 radical (unpaired) electrons. The summed E-state index contributed by atoms with van der Waals surface area (Å²) in [7, 11) is 0. The molecule has 132 valence electrons. The van der Waals surface area contributed by atoms with Crippen LogP contribution in [0.3, 0.4) is 0 Å². The van der Waals surface area contributed by atoms with Crippen molar-refractivity contribution in [1.82, 2.24) is 9.97 Å². The van der Waals surface area contributed by atoms with Gasteiger partial charge in [0, 0.05) is 24.0 Å². The molecular formula is C19H10FN3O3S. The highest BCUT2D eigenvalue weighted by Gasteiger charge is 2.44. The second kappa shape index (κ2) is 5.82. The average Bonchev–Trinajstić information content (AvgIpc) is 3.30. The van der Waals surface area contributed by atoms with Crippen LogP contribution in [0.15, 0.2) is 63.5 Å². The van der Waals surface area contributed by atoms with Crippen LogP contribution in [0.5, 0.6) is 0 Å². The van der Waals surface area contributed by atoms with E-state index in [0.29, 0.717) is 10.7 Å². The van der Waals surface area contributed by atoms with Crippen molar-refractivity contribution in [2.24, 2.45) is 0 Å². The molecule has 0 bridgehead atoms. The predicted molar refractivity (Wildman–Crippen MR) is 97.4 cm³/mol. The third kappa shape index (κ3) is 2.30. The molecule has 0 aliphatic carbocycles. The summed E-state index contributed by atoms with van der Waals surface area (Å²) in [5.74, 6) is -1.06. The van der Waals surface area contributed by atoms with Gasteiger partial charge < -0.3 is 4.42 Å². The SMILES string of the molecule is O=C1c2oc3ccc(F)cc3c(=O)c2C(c2cccnc2)N1c1nccs1. The first-order valence-electron chi connectivity index (χ1n) is 8.04. The summed E-state index contributed by atoms with van der Waals surface area (Å²) in [6.45, 7) is 0. The van der Waals surface area contributed by atoms with Crippen molar-refractivity contribution in [2.75, 3.05) is 4.90 Å². The quantitative estimate of drug-likeness (QED) is 0.533. The molecule has 6 nitrogen and oxygen atoms in total. The van der Waals surface area contributed by atoms with Gasteiger partial charge in [0.25, 0.3) is 5.91 Å². The van der Waals surface area contributed by atoms with E-state index in [1.165, 1.54) is 28.4 Å². The number of benzene rings is 1. The molecule has 0 saturated heterocycles. The van der Waals surface area contributed by atoms with Crippen LogP contribution in [0, 0.1) is 5.82 Å². The highest BCUT2D eigenvalue weighted by atomic mass is 32.1. The molecule has 1 unspecified atom stereocenters. The Kier molecular flexibility index (Phi) is 3.41. The topological polar surface area (TPSA) is 76.3 Å².